The summed E-state index contributed by atoms with van der Waals surface area (Å²) < 4.78 is 6.03. The summed E-state index contributed by atoms with van der Waals surface area (Å²) in [4.78, 5) is 33.5. The van der Waals surface area contributed by atoms with E-state index in [1.54, 1.807) is 23.1 Å². The Bertz CT molecular complexity index is 1020. The van der Waals surface area contributed by atoms with Gasteiger partial charge >= 0.3 is 0 Å². The number of rotatable bonds is 6. The number of hydrogen-bond acceptors (Lipinski definition) is 7. The highest BCUT2D eigenvalue weighted by atomic mass is 16.5. The number of anilines is 1. The molecule has 9 heteroatoms. The van der Waals surface area contributed by atoms with Crippen LogP contribution in [0.25, 0.3) is 11.3 Å². The molecule has 9 nitrogen and oxygen atoms in total. The Hall–Kier alpha value is -3.51. The maximum absolute atomic E-state index is 12.0. The van der Waals surface area contributed by atoms with Crippen LogP contribution in [0.3, 0.4) is 0 Å². The van der Waals surface area contributed by atoms with Crippen molar-refractivity contribution in [2.24, 2.45) is 5.92 Å². The molecule has 4 rings (SSSR count). The zero-order valence-corrected chi connectivity index (χ0v) is 17.0. The molecule has 0 unspecified atom stereocenters. The van der Waals surface area contributed by atoms with Crippen molar-refractivity contribution in [3.05, 3.63) is 36.2 Å². The molecule has 0 bridgehead atoms. The number of aliphatic hydroxyl groups excluding tert-OH is 1. The molecule has 2 aromatic rings. The molecular weight excluding hydrogens is 398 g/mol. The lowest BCUT2D eigenvalue weighted by Gasteiger charge is -2.32. The van der Waals surface area contributed by atoms with Crippen molar-refractivity contribution < 1.29 is 19.4 Å². The lowest BCUT2D eigenvalue weighted by atomic mass is 10.1. The summed E-state index contributed by atoms with van der Waals surface area (Å²) in [5.41, 5.74) is 1.70. The van der Waals surface area contributed by atoms with E-state index in [-0.39, 0.29) is 23.8 Å². The molecule has 2 amide bonds. The van der Waals surface area contributed by atoms with Crippen molar-refractivity contribution in [3.63, 3.8) is 0 Å². The number of benzene rings is 1. The minimum Gasteiger partial charge on any atom is -0.489 e. The van der Waals surface area contributed by atoms with Gasteiger partial charge in [0, 0.05) is 43.5 Å². The van der Waals surface area contributed by atoms with E-state index < -0.39 is 6.61 Å². The number of nitrogens with zero attached hydrogens (tertiary/aromatic N) is 4. The van der Waals surface area contributed by atoms with E-state index in [9.17, 15) is 14.9 Å². The van der Waals surface area contributed by atoms with Crippen molar-refractivity contribution in [2.75, 3.05) is 25.0 Å². The highest BCUT2D eigenvalue weighted by molar-refractivity contribution is 5.93. The Labute approximate surface area is 179 Å². The van der Waals surface area contributed by atoms with Gasteiger partial charge in [-0.2, -0.15) is 5.26 Å². The first kappa shape index (κ1) is 20.8. The molecule has 1 aliphatic heterocycles. The van der Waals surface area contributed by atoms with Gasteiger partial charge in [0.25, 0.3) is 0 Å². The molecule has 1 aromatic carbocycles. The largest absolute Gasteiger partial charge is 0.489 e. The van der Waals surface area contributed by atoms with E-state index in [4.69, 9.17) is 9.84 Å². The molecule has 2 aliphatic rings. The van der Waals surface area contributed by atoms with Gasteiger partial charge in [-0.3, -0.25) is 9.59 Å². The van der Waals surface area contributed by atoms with E-state index in [0.717, 1.165) is 18.4 Å². The number of carbonyl (C=O) groups is 2. The molecule has 1 saturated carbocycles. The van der Waals surface area contributed by atoms with Crippen LogP contribution in [-0.4, -0.2) is 57.6 Å². The van der Waals surface area contributed by atoms with Crippen LogP contribution in [0.5, 0.6) is 5.75 Å². The standard InChI is InChI=1S/C22H23N5O4/c23-11-16-9-15(18-10-20(25-13-24-18)26-22(30)14-1-2-14)3-4-19(16)31-17-5-7-27(8-6-17)21(29)12-28/h3-4,9-10,13-14,17,28H,1-2,5-8,12H2,(H,24,25,26,30). The molecular formula is C22H23N5O4. The molecule has 1 aliphatic carbocycles. The van der Waals surface area contributed by atoms with Crippen molar-refractivity contribution in [2.45, 2.75) is 31.8 Å². The Morgan fingerprint density at radius 1 is 1.19 bits per heavy atom. The number of hydrogen-bond donors (Lipinski definition) is 2. The third kappa shape index (κ3) is 4.98. The second-order valence-corrected chi connectivity index (χ2v) is 7.73. The number of aliphatic hydroxyl groups is 1. The van der Waals surface area contributed by atoms with Crippen LogP contribution in [0.15, 0.2) is 30.6 Å². The summed E-state index contributed by atoms with van der Waals surface area (Å²) in [5, 5.41) is 21.4. The van der Waals surface area contributed by atoms with Gasteiger partial charge in [0.1, 0.15) is 36.7 Å². The van der Waals surface area contributed by atoms with Gasteiger partial charge < -0.3 is 20.1 Å². The number of nitriles is 1. The molecule has 0 spiro atoms. The van der Waals surface area contributed by atoms with Crippen LogP contribution >= 0.6 is 0 Å². The Balaban J connectivity index is 1.44. The maximum Gasteiger partial charge on any atom is 0.248 e. The fraction of sp³-hybridized carbons (Fsp3) is 0.409. The Morgan fingerprint density at radius 2 is 1.97 bits per heavy atom. The SMILES string of the molecule is N#Cc1cc(-c2cc(NC(=O)C3CC3)ncn2)ccc1OC1CCN(C(=O)CO)CC1. The number of piperidine rings is 1. The van der Waals surface area contributed by atoms with Gasteiger partial charge in [-0.1, -0.05) is 0 Å². The Kier molecular flexibility index (Phi) is 6.09. The molecule has 160 valence electrons. The van der Waals surface area contributed by atoms with Crippen LogP contribution in [-0.2, 0) is 9.59 Å². The van der Waals surface area contributed by atoms with Gasteiger partial charge in [-0.05, 0) is 31.0 Å². The first-order chi connectivity index (χ1) is 15.1. The van der Waals surface area contributed by atoms with Crippen molar-refractivity contribution in [1.29, 1.82) is 5.26 Å². The zero-order valence-electron chi connectivity index (χ0n) is 17.0. The molecule has 0 atom stereocenters. The second-order valence-electron chi connectivity index (χ2n) is 7.73. The first-order valence-corrected chi connectivity index (χ1v) is 10.3. The number of aromatic nitrogens is 2. The van der Waals surface area contributed by atoms with E-state index in [2.05, 4.69) is 21.4 Å². The van der Waals surface area contributed by atoms with Gasteiger partial charge in [-0.25, -0.2) is 9.97 Å². The third-order valence-corrected chi connectivity index (χ3v) is 5.49. The quantitative estimate of drug-likeness (QED) is 0.727. The van der Waals surface area contributed by atoms with E-state index in [0.29, 0.717) is 48.8 Å². The molecule has 2 N–H and O–H groups in total. The third-order valence-electron chi connectivity index (χ3n) is 5.49. The number of nitrogens with one attached hydrogen (secondary N) is 1. The van der Waals surface area contributed by atoms with Gasteiger partial charge in [0.05, 0.1) is 11.3 Å². The normalized spacial score (nSPS) is 16.5. The number of amides is 2. The number of likely N-dealkylation sites (tertiary alicyclic amines) is 1. The van der Waals surface area contributed by atoms with Crippen LogP contribution < -0.4 is 10.1 Å². The van der Waals surface area contributed by atoms with Crippen molar-refractivity contribution in [3.8, 4) is 23.1 Å². The fourth-order valence-electron chi connectivity index (χ4n) is 3.54. The van der Waals surface area contributed by atoms with Crippen LogP contribution in [0.4, 0.5) is 5.82 Å². The molecule has 2 heterocycles. The van der Waals surface area contributed by atoms with Gasteiger partial charge in [0.15, 0.2) is 0 Å². The smallest absolute Gasteiger partial charge is 0.248 e. The van der Waals surface area contributed by atoms with E-state index in [1.807, 2.05) is 6.07 Å². The highest BCUT2D eigenvalue weighted by Crippen LogP contribution is 2.31. The number of ether oxygens (including phenoxy) is 1. The average Bonchev–Trinajstić information content (AvgIpc) is 3.65. The van der Waals surface area contributed by atoms with Crippen LogP contribution in [0.1, 0.15) is 31.2 Å². The summed E-state index contributed by atoms with van der Waals surface area (Å²) in [5.74, 6) is 0.684. The lowest BCUT2D eigenvalue weighted by Crippen LogP contribution is -2.42. The maximum atomic E-state index is 12.0. The highest BCUT2D eigenvalue weighted by Gasteiger charge is 2.30. The topological polar surface area (TPSA) is 128 Å². The lowest BCUT2D eigenvalue weighted by molar-refractivity contribution is -0.136. The van der Waals surface area contributed by atoms with Crippen molar-refractivity contribution >= 4 is 17.6 Å². The summed E-state index contributed by atoms with van der Waals surface area (Å²) in [6.07, 6.45) is 4.36. The van der Waals surface area contributed by atoms with Crippen molar-refractivity contribution in [1.82, 2.24) is 14.9 Å². The summed E-state index contributed by atoms with van der Waals surface area (Å²) >= 11 is 0. The zero-order chi connectivity index (χ0) is 21.8. The molecule has 31 heavy (non-hydrogen) atoms. The van der Waals surface area contributed by atoms with E-state index >= 15 is 0 Å². The van der Waals surface area contributed by atoms with Crippen LogP contribution in [0.2, 0.25) is 0 Å². The predicted molar refractivity (Wildman–Crippen MR) is 111 cm³/mol. The summed E-state index contributed by atoms with van der Waals surface area (Å²) in [6.45, 7) is 0.543. The monoisotopic (exact) mass is 421 g/mol. The summed E-state index contributed by atoms with van der Waals surface area (Å²) in [6, 6.07) is 9.11. The predicted octanol–water partition coefficient (Wildman–Crippen LogP) is 1.73. The molecule has 2 fully saturated rings. The second kappa shape index (κ2) is 9.10. The first-order valence-electron chi connectivity index (χ1n) is 10.3. The van der Waals surface area contributed by atoms with Gasteiger partial charge in [-0.15, -0.1) is 0 Å². The molecule has 0 radical (unpaired) electrons. The Morgan fingerprint density at radius 3 is 2.65 bits per heavy atom. The fourth-order valence-corrected chi connectivity index (χ4v) is 3.54. The van der Waals surface area contributed by atoms with Gasteiger partial charge in [0.2, 0.25) is 11.8 Å². The van der Waals surface area contributed by atoms with E-state index in [1.165, 1.54) is 6.33 Å². The minimum atomic E-state index is -0.486. The number of carbonyl (C=O) groups excluding carboxylic acids is 2. The minimum absolute atomic E-state index is 0.0298. The summed E-state index contributed by atoms with van der Waals surface area (Å²) in [7, 11) is 0. The van der Waals surface area contributed by atoms with Crippen LogP contribution in [0, 0.1) is 17.2 Å². The average molecular weight is 421 g/mol. The molecule has 1 aromatic heterocycles. The molecule has 1 saturated heterocycles.